The van der Waals surface area contributed by atoms with E-state index in [0.29, 0.717) is 5.69 Å². The summed E-state index contributed by atoms with van der Waals surface area (Å²) in [6, 6.07) is 18.7. The van der Waals surface area contributed by atoms with Gasteiger partial charge in [-0.1, -0.05) is 36.4 Å². The van der Waals surface area contributed by atoms with Gasteiger partial charge >= 0.3 is 5.97 Å². The topological polar surface area (TPSA) is 55.4 Å². The van der Waals surface area contributed by atoms with Crippen LogP contribution in [0.25, 0.3) is 0 Å². The number of anilines is 1. The number of carbonyl (C=O) groups excluding carboxylic acids is 2. The molecule has 0 radical (unpaired) electrons. The summed E-state index contributed by atoms with van der Waals surface area (Å²) in [5, 5.41) is 2.33. The van der Waals surface area contributed by atoms with Gasteiger partial charge < -0.3 is 10.1 Å². The van der Waals surface area contributed by atoms with Gasteiger partial charge in [0.25, 0.3) is 5.91 Å². The minimum atomic E-state index is -0.846. The number of hydrogen-bond acceptors (Lipinski definition) is 4. The fraction of sp³-hybridized carbons (Fsp3) is 0.222. The maximum absolute atomic E-state index is 12.1. The standard InChI is InChI=1S/C18H19NO3S/c1-13(17(20)19-15-9-5-3-6-10-15)22-18(21)14(2)23-16-11-7-4-8-12-16/h3-14H,1-2H3,(H,19,20)/t13-,14-/m0/s1. The Balaban J connectivity index is 1.85. The third kappa shape index (κ3) is 5.45. The number of carbonyl (C=O) groups is 2. The number of ether oxygens (including phenoxy) is 1. The van der Waals surface area contributed by atoms with Crippen LogP contribution in [0, 0.1) is 0 Å². The predicted molar refractivity (Wildman–Crippen MR) is 92.4 cm³/mol. The Morgan fingerprint density at radius 2 is 1.52 bits per heavy atom. The number of esters is 1. The molecule has 2 atom stereocenters. The third-order valence-corrected chi connectivity index (χ3v) is 4.18. The zero-order valence-electron chi connectivity index (χ0n) is 13.1. The first kappa shape index (κ1) is 17.1. The molecule has 0 fully saturated rings. The molecule has 0 heterocycles. The predicted octanol–water partition coefficient (Wildman–Crippen LogP) is 3.74. The monoisotopic (exact) mass is 329 g/mol. The lowest BCUT2D eigenvalue weighted by atomic mass is 10.3. The van der Waals surface area contributed by atoms with E-state index in [1.807, 2.05) is 48.5 Å². The van der Waals surface area contributed by atoms with E-state index in [-0.39, 0.29) is 11.2 Å². The molecule has 1 N–H and O–H groups in total. The fourth-order valence-corrected chi connectivity index (χ4v) is 2.71. The molecule has 0 saturated heterocycles. The second-order valence-corrected chi connectivity index (χ2v) is 6.42. The van der Waals surface area contributed by atoms with Crippen molar-refractivity contribution in [2.45, 2.75) is 30.1 Å². The summed E-state index contributed by atoms with van der Waals surface area (Å²) in [7, 11) is 0. The Morgan fingerprint density at radius 3 is 2.13 bits per heavy atom. The second kappa shape index (κ2) is 8.39. The van der Waals surface area contributed by atoms with E-state index in [0.717, 1.165) is 4.90 Å². The zero-order valence-corrected chi connectivity index (χ0v) is 13.9. The van der Waals surface area contributed by atoms with Crippen LogP contribution in [0.1, 0.15) is 13.8 Å². The van der Waals surface area contributed by atoms with E-state index in [4.69, 9.17) is 4.74 Å². The summed E-state index contributed by atoms with van der Waals surface area (Å²) in [5.41, 5.74) is 0.673. The summed E-state index contributed by atoms with van der Waals surface area (Å²) >= 11 is 1.40. The highest BCUT2D eigenvalue weighted by Gasteiger charge is 2.22. The number of rotatable bonds is 6. The molecule has 0 unspecified atom stereocenters. The van der Waals surface area contributed by atoms with Crippen molar-refractivity contribution in [2.75, 3.05) is 5.32 Å². The highest BCUT2D eigenvalue weighted by atomic mass is 32.2. The van der Waals surface area contributed by atoms with Crippen LogP contribution in [-0.4, -0.2) is 23.2 Å². The highest BCUT2D eigenvalue weighted by molar-refractivity contribution is 8.00. The second-order valence-electron chi connectivity index (χ2n) is 5.01. The van der Waals surface area contributed by atoms with Gasteiger partial charge in [-0.3, -0.25) is 9.59 Å². The van der Waals surface area contributed by atoms with Crippen LogP contribution in [0.15, 0.2) is 65.6 Å². The lowest BCUT2D eigenvalue weighted by Crippen LogP contribution is -2.32. The van der Waals surface area contributed by atoms with Gasteiger partial charge in [0.2, 0.25) is 0 Å². The van der Waals surface area contributed by atoms with E-state index >= 15 is 0 Å². The first-order chi connectivity index (χ1) is 11.1. The third-order valence-electron chi connectivity index (χ3n) is 3.09. The summed E-state index contributed by atoms with van der Waals surface area (Å²) in [5.74, 6) is -0.754. The Bertz CT molecular complexity index is 646. The van der Waals surface area contributed by atoms with Crippen molar-refractivity contribution in [1.82, 2.24) is 0 Å². The van der Waals surface area contributed by atoms with Gasteiger partial charge in [0.05, 0.1) is 0 Å². The molecule has 4 nitrogen and oxygen atoms in total. The van der Waals surface area contributed by atoms with Crippen molar-refractivity contribution in [2.24, 2.45) is 0 Å². The minimum Gasteiger partial charge on any atom is -0.452 e. The Kier molecular flexibility index (Phi) is 6.23. The largest absolute Gasteiger partial charge is 0.452 e. The highest BCUT2D eigenvalue weighted by Crippen LogP contribution is 2.23. The first-order valence-electron chi connectivity index (χ1n) is 7.34. The molecule has 120 valence electrons. The Hall–Kier alpha value is -2.27. The van der Waals surface area contributed by atoms with Crippen molar-refractivity contribution in [1.29, 1.82) is 0 Å². The van der Waals surface area contributed by atoms with Crippen molar-refractivity contribution in [3.8, 4) is 0 Å². The molecule has 0 aliphatic rings. The molecule has 2 rings (SSSR count). The molecular weight excluding hydrogens is 310 g/mol. The van der Waals surface area contributed by atoms with Gasteiger partial charge in [0.1, 0.15) is 5.25 Å². The number of thioether (sulfide) groups is 1. The summed E-state index contributed by atoms with van der Waals surface area (Å²) in [6.07, 6.45) is -0.846. The molecule has 2 aromatic carbocycles. The molecule has 2 aromatic rings. The molecule has 0 bridgehead atoms. The van der Waals surface area contributed by atoms with Crippen molar-refractivity contribution in [3.63, 3.8) is 0 Å². The number of benzene rings is 2. The molecule has 0 aromatic heterocycles. The van der Waals surface area contributed by atoms with Gasteiger partial charge in [0.15, 0.2) is 6.10 Å². The normalized spacial score (nSPS) is 13.0. The Morgan fingerprint density at radius 1 is 0.957 bits per heavy atom. The molecule has 1 amide bonds. The van der Waals surface area contributed by atoms with Gasteiger partial charge in [-0.25, -0.2) is 0 Å². The number of hydrogen-bond donors (Lipinski definition) is 1. The van der Waals surface area contributed by atoms with E-state index in [9.17, 15) is 9.59 Å². The van der Waals surface area contributed by atoms with Gasteiger partial charge in [-0.05, 0) is 38.1 Å². The molecule has 5 heteroatoms. The molecule has 0 aliphatic carbocycles. The van der Waals surface area contributed by atoms with Crippen molar-refractivity contribution < 1.29 is 14.3 Å². The maximum atomic E-state index is 12.1. The SMILES string of the molecule is C[C@H](OC(=O)[C@H](C)Sc1ccccc1)C(=O)Nc1ccccc1. The average Bonchev–Trinajstić information content (AvgIpc) is 2.56. The van der Waals surface area contributed by atoms with E-state index in [2.05, 4.69) is 5.32 Å². The fourth-order valence-electron chi connectivity index (χ4n) is 1.84. The van der Waals surface area contributed by atoms with Gasteiger partial charge in [0, 0.05) is 10.6 Å². The molecule has 0 aliphatic heterocycles. The number of para-hydroxylation sites is 1. The molecule has 0 saturated carbocycles. The minimum absolute atomic E-state index is 0.346. The van der Waals surface area contributed by atoms with Crippen LogP contribution in [0.5, 0.6) is 0 Å². The molecule has 23 heavy (non-hydrogen) atoms. The quantitative estimate of drug-likeness (QED) is 0.648. The van der Waals surface area contributed by atoms with Gasteiger partial charge in [-0.2, -0.15) is 0 Å². The van der Waals surface area contributed by atoms with Crippen molar-refractivity contribution >= 4 is 29.3 Å². The maximum Gasteiger partial charge on any atom is 0.319 e. The van der Waals surface area contributed by atoms with E-state index < -0.39 is 12.1 Å². The van der Waals surface area contributed by atoms with E-state index in [1.165, 1.54) is 11.8 Å². The molecule has 0 spiro atoms. The summed E-state index contributed by atoms with van der Waals surface area (Å²) < 4.78 is 5.25. The lowest BCUT2D eigenvalue weighted by molar-refractivity contribution is -0.152. The van der Waals surface area contributed by atoms with Crippen LogP contribution >= 0.6 is 11.8 Å². The lowest BCUT2D eigenvalue weighted by Gasteiger charge is -2.16. The van der Waals surface area contributed by atoms with E-state index in [1.54, 1.807) is 26.0 Å². The Labute approximate surface area is 140 Å². The number of amides is 1. The smallest absolute Gasteiger partial charge is 0.319 e. The summed E-state index contributed by atoms with van der Waals surface area (Å²) in [4.78, 5) is 25.1. The van der Waals surface area contributed by atoms with Crippen molar-refractivity contribution in [3.05, 3.63) is 60.7 Å². The number of nitrogens with one attached hydrogen (secondary N) is 1. The average molecular weight is 329 g/mol. The summed E-state index contributed by atoms with van der Waals surface area (Å²) in [6.45, 7) is 3.33. The zero-order chi connectivity index (χ0) is 16.7. The first-order valence-corrected chi connectivity index (χ1v) is 8.22. The van der Waals surface area contributed by atoms with Gasteiger partial charge in [-0.15, -0.1) is 11.8 Å². The van der Waals surface area contributed by atoms with Crippen LogP contribution < -0.4 is 5.32 Å². The van der Waals surface area contributed by atoms with Crippen LogP contribution in [0.2, 0.25) is 0 Å². The van der Waals surface area contributed by atoms with Crippen LogP contribution in [-0.2, 0) is 14.3 Å². The van der Waals surface area contributed by atoms with Crippen LogP contribution in [0.3, 0.4) is 0 Å². The van der Waals surface area contributed by atoms with Crippen LogP contribution in [0.4, 0.5) is 5.69 Å². The molecular formula is C18H19NO3S.